The van der Waals surface area contributed by atoms with Gasteiger partial charge in [-0.3, -0.25) is 0 Å². The maximum Gasteiger partial charge on any atom is 0.129 e. The van der Waals surface area contributed by atoms with Crippen LogP contribution in [0, 0.1) is 0 Å². The molecule has 0 bridgehead atoms. The molecule has 0 amide bonds. The lowest BCUT2D eigenvalue weighted by Gasteiger charge is -2.21. The summed E-state index contributed by atoms with van der Waals surface area (Å²) in [6.07, 6.45) is 2.20. The Labute approximate surface area is 76.4 Å². The predicted octanol–water partition coefficient (Wildman–Crippen LogP) is 0.272. The maximum absolute atomic E-state index is 10.1. The summed E-state index contributed by atoms with van der Waals surface area (Å²) in [5.41, 5.74) is 5.40. The van der Waals surface area contributed by atoms with Gasteiger partial charge in [0.05, 0.1) is 6.61 Å². The van der Waals surface area contributed by atoms with Gasteiger partial charge in [-0.25, -0.2) is 4.98 Å². The first-order valence-electron chi connectivity index (χ1n) is 4.23. The first-order valence-corrected chi connectivity index (χ1v) is 4.23. The van der Waals surface area contributed by atoms with Crippen LogP contribution in [-0.2, 0) is 10.3 Å². The van der Waals surface area contributed by atoms with Crippen molar-refractivity contribution in [3.63, 3.8) is 0 Å². The lowest BCUT2D eigenvalue weighted by atomic mass is 9.94. The Kier molecular flexibility index (Phi) is 1.94. The number of rotatable bonds is 1. The van der Waals surface area contributed by atoms with Gasteiger partial charge in [0.15, 0.2) is 0 Å². The molecule has 13 heavy (non-hydrogen) atoms. The number of aliphatic hydroxyl groups is 1. The Hall–Kier alpha value is -1.13. The molecule has 3 N–H and O–H groups in total. The quantitative estimate of drug-likeness (QED) is 0.651. The molecular formula is C9H12N2O2. The zero-order valence-electron chi connectivity index (χ0n) is 7.23. The highest BCUT2D eigenvalue weighted by molar-refractivity contribution is 5.43. The van der Waals surface area contributed by atoms with E-state index in [-0.39, 0.29) is 0 Å². The molecule has 0 aliphatic carbocycles. The minimum absolute atomic E-state index is 0.308. The van der Waals surface area contributed by atoms with Gasteiger partial charge >= 0.3 is 0 Å². The van der Waals surface area contributed by atoms with Gasteiger partial charge < -0.3 is 15.6 Å². The van der Waals surface area contributed by atoms with Crippen molar-refractivity contribution in [2.45, 2.75) is 12.0 Å². The molecule has 4 heteroatoms. The number of ether oxygens (including phenoxy) is 1. The molecule has 1 unspecified atom stereocenters. The standard InChI is InChI=1S/C9H12N2O2/c10-8-7(2-1-4-11-8)9(12)3-5-13-6-9/h1-2,4,12H,3,5-6H2,(H2,10,11). The summed E-state index contributed by atoms with van der Waals surface area (Å²) >= 11 is 0. The minimum Gasteiger partial charge on any atom is -0.383 e. The van der Waals surface area contributed by atoms with E-state index in [0.717, 1.165) is 0 Å². The molecule has 1 fully saturated rings. The maximum atomic E-state index is 10.1. The highest BCUT2D eigenvalue weighted by Crippen LogP contribution is 2.32. The van der Waals surface area contributed by atoms with Crippen LogP contribution in [0.2, 0.25) is 0 Å². The summed E-state index contributed by atoms with van der Waals surface area (Å²) in [6, 6.07) is 3.55. The number of aromatic nitrogens is 1. The average molecular weight is 180 g/mol. The summed E-state index contributed by atoms with van der Waals surface area (Å²) in [5, 5.41) is 10.1. The Morgan fingerprint density at radius 3 is 3.08 bits per heavy atom. The number of hydrogen-bond donors (Lipinski definition) is 2. The first kappa shape index (κ1) is 8.47. The van der Waals surface area contributed by atoms with Crippen LogP contribution in [0.4, 0.5) is 5.82 Å². The summed E-state index contributed by atoms with van der Waals surface area (Å²) in [5.74, 6) is 0.385. The average Bonchev–Trinajstić information content (AvgIpc) is 2.54. The zero-order chi connectivity index (χ0) is 9.31. The monoisotopic (exact) mass is 180 g/mol. The third-order valence-electron chi connectivity index (χ3n) is 2.34. The number of nitrogen functional groups attached to an aromatic ring is 1. The predicted molar refractivity (Wildman–Crippen MR) is 48.0 cm³/mol. The Morgan fingerprint density at radius 1 is 1.62 bits per heavy atom. The van der Waals surface area contributed by atoms with E-state index in [0.29, 0.717) is 31.0 Å². The van der Waals surface area contributed by atoms with Gasteiger partial charge in [0.25, 0.3) is 0 Å². The fourth-order valence-electron chi connectivity index (χ4n) is 1.58. The SMILES string of the molecule is Nc1ncccc1C1(O)CCOC1. The van der Waals surface area contributed by atoms with Crippen molar-refractivity contribution in [3.8, 4) is 0 Å². The minimum atomic E-state index is -0.932. The fraction of sp³-hybridized carbons (Fsp3) is 0.444. The molecule has 0 radical (unpaired) electrons. The van der Waals surface area contributed by atoms with Crippen molar-refractivity contribution in [3.05, 3.63) is 23.9 Å². The van der Waals surface area contributed by atoms with Crippen molar-refractivity contribution < 1.29 is 9.84 Å². The molecular weight excluding hydrogens is 168 g/mol. The lowest BCUT2D eigenvalue weighted by Crippen LogP contribution is -2.27. The molecule has 0 saturated carbocycles. The summed E-state index contributed by atoms with van der Waals surface area (Å²) in [4.78, 5) is 3.93. The van der Waals surface area contributed by atoms with Crippen LogP contribution in [0.25, 0.3) is 0 Å². The van der Waals surface area contributed by atoms with Crippen LogP contribution < -0.4 is 5.73 Å². The van der Waals surface area contributed by atoms with Gasteiger partial charge in [-0.15, -0.1) is 0 Å². The van der Waals surface area contributed by atoms with Gasteiger partial charge in [0, 0.05) is 24.8 Å². The number of hydrogen-bond acceptors (Lipinski definition) is 4. The second-order valence-electron chi connectivity index (χ2n) is 3.27. The van der Waals surface area contributed by atoms with E-state index in [2.05, 4.69) is 4.98 Å². The molecule has 2 rings (SSSR count). The molecule has 1 aromatic rings. The van der Waals surface area contributed by atoms with E-state index in [1.54, 1.807) is 18.3 Å². The molecule has 1 atom stereocenters. The van der Waals surface area contributed by atoms with Crippen LogP contribution in [0.3, 0.4) is 0 Å². The van der Waals surface area contributed by atoms with Crippen molar-refractivity contribution in [1.82, 2.24) is 4.98 Å². The molecule has 1 aliphatic heterocycles. The van der Waals surface area contributed by atoms with E-state index in [9.17, 15) is 5.11 Å². The molecule has 1 aliphatic rings. The highest BCUT2D eigenvalue weighted by atomic mass is 16.5. The Balaban J connectivity index is 2.39. The summed E-state index contributed by atoms with van der Waals surface area (Å²) < 4.78 is 5.14. The summed E-state index contributed by atoms with van der Waals surface area (Å²) in [7, 11) is 0. The normalized spacial score (nSPS) is 27.8. The molecule has 70 valence electrons. The molecule has 4 nitrogen and oxygen atoms in total. The summed E-state index contributed by atoms with van der Waals surface area (Å²) in [6.45, 7) is 0.883. The fourth-order valence-corrected chi connectivity index (χ4v) is 1.58. The van der Waals surface area contributed by atoms with Crippen molar-refractivity contribution in [1.29, 1.82) is 0 Å². The van der Waals surface area contributed by atoms with Gasteiger partial charge in [-0.05, 0) is 6.07 Å². The van der Waals surface area contributed by atoms with Gasteiger partial charge in [0.2, 0.25) is 0 Å². The first-order chi connectivity index (χ1) is 6.22. The third-order valence-corrected chi connectivity index (χ3v) is 2.34. The number of anilines is 1. The molecule has 0 aromatic carbocycles. The van der Waals surface area contributed by atoms with E-state index in [1.165, 1.54) is 0 Å². The largest absolute Gasteiger partial charge is 0.383 e. The zero-order valence-corrected chi connectivity index (χ0v) is 7.23. The van der Waals surface area contributed by atoms with Gasteiger partial charge in [0.1, 0.15) is 11.4 Å². The molecule has 2 heterocycles. The Bertz CT molecular complexity index is 308. The van der Waals surface area contributed by atoms with Crippen LogP contribution in [-0.4, -0.2) is 23.3 Å². The van der Waals surface area contributed by atoms with E-state index >= 15 is 0 Å². The molecule has 1 saturated heterocycles. The Morgan fingerprint density at radius 2 is 2.46 bits per heavy atom. The van der Waals surface area contributed by atoms with Crippen LogP contribution in [0.15, 0.2) is 18.3 Å². The molecule has 0 spiro atoms. The van der Waals surface area contributed by atoms with Crippen LogP contribution in [0.1, 0.15) is 12.0 Å². The van der Waals surface area contributed by atoms with Gasteiger partial charge in [-0.2, -0.15) is 0 Å². The second kappa shape index (κ2) is 2.97. The van der Waals surface area contributed by atoms with Gasteiger partial charge in [-0.1, -0.05) is 6.07 Å². The van der Waals surface area contributed by atoms with Crippen molar-refractivity contribution >= 4 is 5.82 Å². The number of nitrogens with zero attached hydrogens (tertiary/aromatic N) is 1. The van der Waals surface area contributed by atoms with E-state index < -0.39 is 5.60 Å². The highest BCUT2D eigenvalue weighted by Gasteiger charge is 2.35. The number of pyridine rings is 1. The van der Waals surface area contributed by atoms with Crippen molar-refractivity contribution in [2.24, 2.45) is 0 Å². The van der Waals surface area contributed by atoms with Crippen molar-refractivity contribution in [2.75, 3.05) is 18.9 Å². The lowest BCUT2D eigenvalue weighted by molar-refractivity contribution is 0.0236. The van der Waals surface area contributed by atoms with Crippen LogP contribution >= 0.6 is 0 Å². The van der Waals surface area contributed by atoms with E-state index in [4.69, 9.17) is 10.5 Å². The smallest absolute Gasteiger partial charge is 0.129 e. The molecule has 1 aromatic heterocycles. The third kappa shape index (κ3) is 1.38. The topological polar surface area (TPSA) is 68.4 Å². The van der Waals surface area contributed by atoms with Crippen LogP contribution in [0.5, 0.6) is 0 Å². The second-order valence-corrected chi connectivity index (χ2v) is 3.27. The number of nitrogens with two attached hydrogens (primary N) is 1. The van der Waals surface area contributed by atoms with E-state index in [1.807, 2.05) is 0 Å².